The molecule has 152 valence electrons. The lowest BCUT2D eigenvalue weighted by Crippen LogP contribution is -2.49. The van der Waals surface area contributed by atoms with E-state index in [9.17, 15) is 9.18 Å². The van der Waals surface area contributed by atoms with Crippen LogP contribution in [-0.4, -0.2) is 57.8 Å². The smallest absolute Gasteiger partial charge is 0.228 e. The van der Waals surface area contributed by atoms with E-state index in [2.05, 4.69) is 11.8 Å². The maximum atomic E-state index is 13.8. The first kappa shape index (κ1) is 19.6. The first-order chi connectivity index (χ1) is 14.0. The van der Waals surface area contributed by atoms with Crippen molar-refractivity contribution >= 4 is 11.6 Å². The van der Waals surface area contributed by atoms with Gasteiger partial charge in [-0.25, -0.2) is 9.37 Å². The van der Waals surface area contributed by atoms with Gasteiger partial charge >= 0.3 is 0 Å². The zero-order valence-electron chi connectivity index (χ0n) is 17.3. The number of carbonyl (C=O) groups is 1. The number of amides is 1. The highest BCUT2D eigenvalue weighted by Gasteiger charge is 2.24. The Morgan fingerprint density at radius 3 is 2.55 bits per heavy atom. The first-order valence-corrected chi connectivity index (χ1v) is 10.2. The van der Waals surface area contributed by atoms with Crippen molar-refractivity contribution in [2.24, 2.45) is 0 Å². The van der Waals surface area contributed by atoms with E-state index in [1.54, 1.807) is 19.1 Å². The molecule has 5 nitrogen and oxygen atoms in total. The number of hydrogen-bond donors (Lipinski definition) is 0. The highest BCUT2D eigenvalue weighted by molar-refractivity contribution is 5.82. The lowest BCUT2D eigenvalue weighted by atomic mass is 10.1. The van der Waals surface area contributed by atoms with Crippen LogP contribution < -0.4 is 0 Å². The molecule has 3 heterocycles. The summed E-state index contributed by atoms with van der Waals surface area (Å²) in [6, 6.07) is 8.99. The van der Waals surface area contributed by atoms with Gasteiger partial charge in [0.25, 0.3) is 0 Å². The fourth-order valence-corrected chi connectivity index (χ4v) is 3.96. The summed E-state index contributed by atoms with van der Waals surface area (Å²) in [6.07, 6.45) is 2.29. The summed E-state index contributed by atoms with van der Waals surface area (Å²) in [5.41, 5.74) is 4.91. The second-order valence-corrected chi connectivity index (χ2v) is 7.80. The minimum Gasteiger partial charge on any atom is -0.340 e. The fourth-order valence-electron chi connectivity index (χ4n) is 3.96. The molecule has 3 aromatic rings. The van der Waals surface area contributed by atoms with Crippen molar-refractivity contribution in [2.45, 2.75) is 27.2 Å². The molecule has 0 spiro atoms. The molecule has 0 aliphatic carbocycles. The number of carbonyl (C=O) groups excluding carboxylic acids is 1. The number of likely N-dealkylation sites (N-methyl/N-ethyl adjacent to an activating group) is 1. The predicted molar refractivity (Wildman–Crippen MR) is 112 cm³/mol. The fraction of sp³-hybridized carbons (Fsp3) is 0.391. The number of imidazole rings is 1. The number of benzene rings is 1. The van der Waals surface area contributed by atoms with Crippen LogP contribution in [0.15, 0.2) is 36.5 Å². The van der Waals surface area contributed by atoms with Crippen LogP contribution in [0.4, 0.5) is 4.39 Å². The highest BCUT2D eigenvalue weighted by atomic mass is 19.1. The van der Waals surface area contributed by atoms with Gasteiger partial charge < -0.3 is 14.2 Å². The van der Waals surface area contributed by atoms with E-state index in [4.69, 9.17) is 4.98 Å². The summed E-state index contributed by atoms with van der Waals surface area (Å²) in [5.74, 6) is -0.121. The van der Waals surface area contributed by atoms with E-state index in [1.165, 1.54) is 6.07 Å². The third-order valence-corrected chi connectivity index (χ3v) is 5.79. The molecule has 0 bridgehead atoms. The van der Waals surface area contributed by atoms with Crippen molar-refractivity contribution in [2.75, 3.05) is 32.7 Å². The zero-order chi connectivity index (χ0) is 20.5. The average molecular weight is 394 g/mol. The maximum Gasteiger partial charge on any atom is 0.228 e. The number of aromatic nitrogens is 2. The average Bonchev–Trinajstić information content (AvgIpc) is 3.07. The van der Waals surface area contributed by atoms with Crippen molar-refractivity contribution in [1.82, 2.24) is 19.2 Å². The van der Waals surface area contributed by atoms with Gasteiger partial charge in [0, 0.05) is 37.9 Å². The second-order valence-electron chi connectivity index (χ2n) is 7.80. The minimum atomic E-state index is -0.236. The number of halogens is 1. The Labute approximate surface area is 170 Å². The third-order valence-electron chi connectivity index (χ3n) is 5.79. The molecule has 0 unspecified atom stereocenters. The molecule has 2 aromatic heterocycles. The molecule has 4 rings (SSSR count). The second kappa shape index (κ2) is 7.95. The van der Waals surface area contributed by atoms with Crippen LogP contribution in [0.3, 0.4) is 0 Å². The summed E-state index contributed by atoms with van der Waals surface area (Å²) in [7, 11) is 0. The molecule has 1 fully saturated rings. The van der Waals surface area contributed by atoms with Crippen LogP contribution in [0.25, 0.3) is 16.9 Å². The van der Waals surface area contributed by atoms with Crippen molar-refractivity contribution < 1.29 is 9.18 Å². The van der Waals surface area contributed by atoms with Gasteiger partial charge in [0.2, 0.25) is 5.91 Å². The third kappa shape index (κ3) is 3.90. The molecular formula is C23H27FN4O. The van der Waals surface area contributed by atoms with E-state index >= 15 is 0 Å². The topological polar surface area (TPSA) is 40.8 Å². The van der Waals surface area contributed by atoms with Crippen molar-refractivity contribution in [3.63, 3.8) is 0 Å². The van der Waals surface area contributed by atoms with Crippen molar-refractivity contribution in [3.8, 4) is 11.3 Å². The number of rotatable bonds is 4. The lowest BCUT2D eigenvalue weighted by molar-refractivity contribution is -0.132. The van der Waals surface area contributed by atoms with Gasteiger partial charge in [-0.15, -0.1) is 0 Å². The Hall–Kier alpha value is -2.73. The first-order valence-electron chi connectivity index (χ1n) is 10.2. The predicted octanol–water partition coefficient (Wildman–Crippen LogP) is 3.46. The maximum absolute atomic E-state index is 13.8. The molecule has 0 atom stereocenters. The largest absolute Gasteiger partial charge is 0.340 e. The van der Waals surface area contributed by atoms with E-state index in [1.807, 2.05) is 34.6 Å². The van der Waals surface area contributed by atoms with Gasteiger partial charge in [0.1, 0.15) is 11.5 Å². The summed E-state index contributed by atoms with van der Waals surface area (Å²) in [5, 5.41) is 0. The highest BCUT2D eigenvalue weighted by Crippen LogP contribution is 2.27. The normalized spacial score (nSPS) is 15.2. The van der Waals surface area contributed by atoms with Gasteiger partial charge in [0.05, 0.1) is 17.8 Å². The minimum absolute atomic E-state index is 0.115. The molecule has 1 aromatic carbocycles. The number of aryl methyl sites for hydroxylation is 2. The van der Waals surface area contributed by atoms with E-state index in [0.717, 1.165) is 60.9 Å². The van der Waals surface area contributed by atoms with E-state index in [-0.39, 0.29) is 18.1 Å². The molecule has 0 saturated carbocycles. The number of pyridine rings is 1. The number of piperazine rings is 1. The summed E-state index contributed by atoms with van der Waals surface area (Å²) in [6.45, 7) is 10.3. The van der Waals surface area contributed by atoms with Gasteiger partial charge in [-0.1, -0.05) is 13.0 Å². The molecule has 0 radical (unpaired) electrons. The van der Waals surface area contributed by atoms with Crippen LogP contribution in [-0.2, 0) is 11.2 Å². The standard InChI is InChI=1S/C23H27FN4O/c1-4-26-9-11-27(12-10-26)22(29)14-20-23(18-6-7-19(24)17(3)13-18)25-21-8-5-16(2)15-28(20)21/h5-8,13,15H,4,9-12,14H2,1-3H3. The Balaban J connectivity index is 1.71. The molecule has 1 amide bonds. The van der Waals surface area contributed by atoms with Gasteiger partial charge in [0.15, 0.2) is 0 Å². The number of fused-ring (bicyclic) bond motifs is 1. The Bertz CT molecular complexity index is 1050. The molecule has 1 aliphatic heterocycles. The van der Waals surface area contributed by atoms with Crippen LogP contribution in [0.5, 0.6) is 0 Å². The van der Waals surface area contributed by atoms with Crippen molar-refractivity contribution in [3.05, 3.63) is 59.2 Å². The Kier molecular flexibility index (Phi) is 5.37. The monoisotopic (exact) mass is 394 g/mol. The van der Waals surface area contributed by atoms with Crippen LogP contribution in [0.1, 0.15) is 23.7 Å². The molecule has 6 heteroatoms. The summed E-state index contributed by atoms with van der Waals surface area (Å²) in [4.78, 5) is 22.2. The summed E-state index contributed by atoms with van der Waals surface area (Å²) < 4.78 is 15.8. The molecule has 1 aliphatic rings. The van der Waals surface area contributed by atoms with Crippen LogP contribution >= 0.6 is 0 Å². The molecule has 29 heavy (non-hydrogen) atoms. The Morgan fingerprint density at radius 2 is 1.86 bits per heavy atom. The van der Waals surface area contributed by atoms with Gasteiger partial charge in [-0.2, -0.15) is 0 Å². The molecule has 1 saturated heterocycles. The SMILES string of the molecule is CCN1CCN(C(=O)Cc2c(-c3ccc(F)c(C)c3)nc3ccc(C)cn23)CC1. The lowest BCUT2D eigenvalue weighted by Gasteiger charge is -2.34. The number of hydrogen-bond acceptors (Lipinski definition) is 3. The quantitative estimate of drug-likeness (QED) is 0.680. The summed E-state index contributed by atoms with van der Waals surface area (Å²) >= 11 is 0. The van der Waals surface area contributed by atoms with E-state index in [0.29, 0.717) is 5.56 Å². The zero-order valence-corrected chi connectivity index (χ0v) is 17.3. The number of nitrogens with zero attached hydrogens (tertiary/aromatic N) is 4. The van der Waals surface area contributed by atoms with Crippen molar-refractivity contribution in [1.29, 1.82) is 0 Å². The Morgan fingerprint density at radius 1 is 1.10 bits per heavy atom. The van der Waals surface area contributed by atoms with Crippen LogP contribution in [0, 0.1) is 19.7 Å². The van der Waals surface area contributed by atoms with Gasteiger partial charge in [-0.05, 0) is 55.8 Å². The van der Waals surface area contributed by atoms with Crippen LogP contribution in [0.2, 0.25) is 0 Å². The van der Waals surface area contributed by atoms with E-state index < -0.39 is 0 Å². The molecule has 0 N–H and O–H groups in total. The van der Waals surface area contributed by atoms with Gasteiger partial charge in [-0.3, -0.25) is 4.79 Å². The molecular weight excluding hydrogens is 367 g/mol.